The van der Waals surface area contributed by atoms with E-state index < -0.39 is 44.0 Å². The normalized spacial score (nSPS) is 21.3. The van der Waals surface area contributed by atoms with Gasteiger partial charge in [0, 0.05) is 13.2 Å². The van der Waals surface area contributed by atoms with Crippen molar-refractivity contribution in [2.75, 3.05) is 13.2 Å². The third kappa shape index (κ3) is 6.55. The van der Waals surface area contributed by atoms with Crippen molar-refractivity contribution >= 4 is 20.3 Å². The molecule has 27 heavy (non-hydrogen) atoms. The number of hydrogen-bond donors (Lipinski definition) is 2. The Bertz CT molecular complexity index is 537. The number of aliphatic hydroxyl groups is 2. The van der Waals surface area contributed by atoms with Gasteiger partial charge in [0.1, 0.15) is 5.60 Å². The van der Waals surface area contributed by atoms with Gasteiger partial charge in [0.2, 0.25) is 5.91 Å². The number of amides is 2. The van der Waals surface area contributed by atoms with Crippen molar-refractivity contribution in [1.29, 1.82) is 0 Å². The molecule has 0 spiro atoms. The van der Waals surface area contributed by atoms with E-state index in [1.807, 2.05) is 0 Å². The second-order valence-electron chi connectivity index (χ2n) is 9.82. The van der Waals surface area contributed by atoms with Crippen LogP contribution in [0.3, 0.4) is 0 Å². The standard InChI is InChI=1S/C19H37NO6Si/c1-18(2,3)26-17(24)20-11-9-13(16(20)23)15(22)14(21)10-12-25-27(7,8)19(4,5)6/h13-15,21-22H,9-12H2,1-8H3/t13-,14-,15-/m1/s1. The summed E-state index contributed by atoms with van der Waals surface area (Å²) in [7, 11) is -1.93. The Morgan fingerprint density at radius 2 is 1.78 bits per heavy atom. The van der Waals surface area contributed by atoms with E-state index in [1.54, 1.807) is 20.8 Å². The van der Waals surface area contributed by atoms with Crippen LogP contribution in [0, 0.1) is 5.92 Å². The molecule has 0 aliphatic carbocycles. The molecule has 2 amide bonds. The third-order valence-electron chi connectivity index (χ3n) is 5.35. The van der Waals surface area contributed by atoms with E-state index in [1.165, 1.54) is 0 Å². The molecular formula is C19H37NO6Si. The molecule has 1 fully saturated rings. The summed E-state index contributed by atoms with van der Waals surface area (Å²) in [5.74, 6) is -1.30. The van der Waals surface area contributed by atoms with Gasteiger partial charge in [-0.15, -0.1) is 0 Å². The molecule has 0 aromatic heterocycles. The van der Waals surface area contributed by atoms with Gasteiger partial charge < -0.3 is 19.4 Å². The van der Waals surface area contributed by atoms with Crippen molar-refractivity contribution in [1.82, 2.24) is 4.90 Å². The minimum Gasteiger partial charge on any atom is -0.443 e. The first-order chi connectivity index (χ1) is 12.1. The zero-order valence-electron chi connectivity index (χ0n) is 18.0. The Balaban J connectivity index is 2.58. The van der Waals surface area contributed by atoms with Gasteiger partial charge in [-0.05, 0) is 51.7 Å². The van der Waals surface area contributed by atoms with Crippen LogP contribution in [-0.4, -0.2) is 66.4 Å². The summed E-state index contributed by atoms with van der Waals surface area (Å²) in [6.07, 6.45) is -2.48. The fraction of sp³-hybridized carbons (Fsp3) is 0.895. The van der Waals surface area contributed by atoms with E-state index in [2.05, 4.69) is 33.9 Å². The summed E-state index contributed by atoms with van der Waals surface area (Å²) in [5, 5.41) is 20.8. The van der Waals surface area contributed by atoms with Gasteiger partial charge in [0.25, 0.3) is 0 Å². The van der Waals surface area contributed by atoms with Crippen LogP contribution < -0.4 is 0 Å². The van der Waals surface area contributed by atoms with E-state index in [-0.39, 0.29) is 18.0 Å². The lowest BCUT2D eigenvalue weighted by atomic mass is 9.95. The Morgan fingerprint density at radius 1 is 1.22 bits per heavy atom. The number of carbonyl (C=O) groups is 2. The molecule has 0 unspecified atom stereocenters. The number of aliphatic hydroxyl groups excluding tert-OH is 2. The first-order valence-corrected chi connectivity index (χ1v) is 12.5. The second kappa shape index (κ2) is 8.59. The van der Waals surface area contributed by atoms with Crippen molar-refractivity contribution in [2.24, 2.45) is 5.92 Å². The average Bonchev–Trinajstić information content (AvgIpc) is 2.85. The van der Waals surface area contributed by atoms with Crippen LogP contribution in [0.25, 0.3) is 0 Å². The topological polar surface area (TPSA) is 96.3 Å². The van der Waals surface area contributed by atoms with Crippen molar-refractivity contribution < 1.29 is 29.0 Å². The fourth-order valence-corrected chi connectivity index (χ4v) is 3.67. The Hall–Kier alpha value is -0.963. The van der Waals surface area contributed by atoms with Crippen LogP contribution in [0.2, 0.25) is 18.1 Å². The van der Waals surface area contributed by atoms with Gasteiger partial charge in [0.15, 0.2) is 8.32 Å². The van der Waals surface area contributed by atoms with E-state index in [4.69, 9.17) is 9.16 Å². The summed E-state index contributed by atoms with van der Waals surface area (Å²) >= 11 is 0. The number of imide groups is 1. The summed E-state index contributed by atoms with van der Waals surface area (Å²) in [5.41, 5.74) is -0.700. The average molecular weight is 404 g/mol. The molecule has 0 bridgehead atoms. The molecular weight excluding hydrogens is 366 g/mol. The smallest absolute Gasteiger partial charge is 0.417 e. The van der Waals surface area contributed by atoms with Gasteiger partial charge in [-0.25, -0.2) is 9.69 Å². The number of nitrogens with zero attached hydrogens (tertiary/aromatic N) is 1. The number of likely N-dealkylation sites (tertiary alicyclic amines) is 1. The van der Waals surface area contributed by atoms with Crippen LogP contribution in [-0.2, 0) is 14.0 Å². The number of rotatable bonds is 6. The van der Waals surface area contributed by atoms with Crippen LogP contribution in [0.4, 0.5) is 4.79 Å². The van der Waals surface area contributed by atoms with E-state index in [0.29, 0.717) is 13.0 Å². The molecule has 0 saturated carbocycles. The molecule has 158 valence electrons. The van der Waals surface area contributed by atoms with E-state index in [9.17, 15) is 19.8 Å². The van der Waals surface area contributed by atoms with Crippen LogP contribution in [0.15, 0.2) is 0 Å². The highest BCUT2D eigenvalue weighted by Crippen LogP contribution is 2.36. The molecule has 0 aromatic rings. The van der Waals surface area contributed by atoms with Crippen LogP contribution in [0.5, 0.6) is 0 Å². The maximum atomic E-state index is 12.5. The van der Waals surface area contributed by atoms with Crippen molar-refractivity contribution in [3.8, 4) is 0 Å². The quantitative estimate of drug-likeness (QED) is 0.662. The molecule has 7 nitrogen and oxygen atoms in total. The predicted molar refractivity (Wildman–Crippen MR) is 106 cm³/mol. The minimum atomic E-state index is -1.93. The zero-order chi connectivity index (χ0) is 21.2. The van der Waals surface area contributed by atoms with Crippen molar-refractivity contribution in [2.45, 2.75) is 90.3 Å². The molecule has 1 aliphatic heterocycles. The minimum absolute atomic E-state index is 0.0614. The Morgan fingerprint density at radius 3 is 2.26 bits per heavy atom. The van der Waals surface area contributed by atoms with Gasteiger partial charge in [-0.3, -0.25) is 4.79 Å². The Kier molecular flexibility index (Phi) is 7.66. The second-order valence-corrected chi connectivity index (χ2v) is 14.6. The fourth-order valence-electron chi connectivity index (χ4n) is 2.61. The van der Waals surface area contributed by atoms with Crippen molar-refractivity contribution in [3.05, 3.63) is 0 Å². The molecule has 0 radical (unpaired) electrons. The van der Waals surface area contributed by atoms with E-state index in [0.717, 1.165) is 4.90 Å². The zero-order valence-corrected chi connectivity index (χ0v) is 19.0. The van der Waals surface area contributed by atoms with Gasteiger partial charge in [-0.2, -0.15) is 0 Å². The monoisotopic (exact) mass is 403 g/mol. The number of hydrogen-bond acceptors (Lipinski definition) is 6. The van der Waals surface area contributed by atoms with Crippen LogP contribution in [0.1, 0.15) is 54.4 Å². The molecule has 1 aliphatic rings. The summed E-state index contributed by atoms with van der Waals surface area (Å²) in [6, 6.07) is 0. The maximum absolute atomic E-state index is 12.5. The first kappa shape index (κ1) is 24.1. The predicted octanol–water partition coefficient (Wildman–Crippen LogP) is 2.90. The summed E-state index contributed by atoms with van der Waals surface area (Å²) in [6.45, 7) is 16.3. The molecule has 2 N–H and O–H groups in total. The maximum Gasteiger partial charge on any atom is 0.417 e. The highest BCUT2D eigenvalue weighted by Gasteiger charge is 2.43. The largest absolute Gasteiger partial charge is 0.443 e. The summed E-state index contributed by atoms with van der Waals surface area (Å²) < 4.78 is 11.2. The van der Waals surface area contributed by atoms with Crippen LogP contribution >= 0.6 is 0 Å². The number of ether oxygens (including phenoxy) is 1. The van der Waals surface area contributed by atoms with Gasteiger partial charge >= 0.3 is 6.09 Å². The van der Waals surface area contributed by atoms with Gasteiger partial charge in [0.05, 0.1) is 18.1 Å². The molecule has 0 aromatic carbocycles. The van der Waals surface area contributed by atoms with Gasteiger partial charge in [-0.1, -0.05) is 20.8 Å². The molecule has 8 heteroatoms. The summed E-state index contributed by atoms with van der Waals surface area (Å²) in [4.78, 5) is 25.6. The number of carbonyl (C=O) groups excluding carboxylic acids is 2. The highest BCUT2D eigenvalue weighted by molar-refractivity contribution is 6.74. The lowest BCUT2D eigenvalue weighted by molar-refractivity contribution is -0.136. The third-order valence-corrected chi connectivity index (χ3v) is 9.89. The SMILES string of the molecule is CC(C)(C)OC(=O)N1CC[C@H]([C@@H](O)[C@H](O)CCO[Si](C)(C)C(C)(C)C)C1=O. The molecule has 1 heterocycles. The molecule has 1 rings (SSSR count). The first-order valence-electron chi connectivity index (χ1n) is 9.61. The van der Waals surface area contributed by atoms with Crippen molar-refractivity contribution in [3.63, 3.8) is 0 Å². The highest BCUT2D eigenvalue weighted by atomic mass is 28.4. The van der Waals surface area contributed by atoms with E-state index >= 15 is 0 Å². The Labute approximate surface area is 164 Å². The molecule has 3 atom stereocenters. The lowest BCUT2D eigenvalue weighted by Crippen LogP contribution is -2.44. The lowest BCUT2D eigenvalue weighted by Gasteiger charge is -2.36. The molecule has 1 saturated heterocycles.